The van der Waals surface area contributed by atoms with Crippen molar-refractivity contribution < 1.29 is 0 Å². The molecule has 0 fully saturated rings. The van der Waals surface area contributed by atoms with Crippen molar-refractivity contribution in [2.45, 2.75) is 0 Å². The van der Waals surface area contributed by atoms with Crippen molar-refractivity contribution >= 4 is 93.4 Å². The van der Waals surface area contributed by atoms with Crippen LogP contribution in [0.3, 0.4) is 0 Å². The van der Waals surface area contributed by atoms with Crippen LogP contribution in [-0.4, -0.2) is 23.7 Å². The van der Waals surface area contributed by atoms with E-state index in [1.807, 2.05) is 0 Å². The first-order valence-electron chi connectivity index (χ1n) is 23.2. The monoisotopic (exact) mass is 866 g/mol. The second-order valence-electron chi connectivity index (χ2n) is 17.8. The molecule has 15 rings (SSSR count). The van der Waals surface area contributed by atoms with Gasteiger partial charge in [0.25, 0.3) is 0 Å². The second kappa shape index (κ2) is 14.1. The van der Waals surface area contributed by atoms with Crippen LogP contribution < -0.4 is 4.90 Å². The summed E-state index contributed by atoms with van der Waals surface area (Å²) in [7, 11) is 0. The van der Waals surface area contributed by atoms with Crippen molar-refractivity contribution in [2.75, 3.05) is 4.90 Å². The molecule has 68 heavy (non-hydrogen) atoms. The minimum absolute atomic E-state index is 0.840. The zero-order valence-electron chi connectivity index (χ0n) is 36.6. The van der Waals surface area contributed by atoms with Crippen LogP contribution in [0.4, 0.5) is 17.2 Å². The highest BCUT2D eigenvalue weighted by molar-refractivity contribution is 6.19. The molecule has 0 saturated carbocycles. The maximum absolute atomic E-state index is 5.60. The second-order valence-corrected chi connectivity index (χ2v) is 17.8. The van der Waals surface area contributed by atoms with Crippen LogP contribution in [0, 0.1) is 0 Å². The summed E-state index contributed by atoms with van der Waals surface area (Å²) in [6, 6.07) is 83.0. The summed E-state index contributed by atoms with van der Waals surface area (Å²) in [6.07, 6.45) is 0. The van der Waals surface area contributed by atoms with Crippen molar-refractivity contribution in [3.8, 4) is 39.7 Å². The molecule has 6 heteroatoms. The number of fused-ring (bicyclic) bond motifs is 11. The lowest BCUT2D eigenvalue weighted by atomic mass is 9.90. The molecule has 0 bridgehead atoms. The standard InChI is InChI=1S/C62H38N6/c1-2-16-39(17-3-1)41-34-35-54-47(36-41)49-37-48-46-24-12-18-40-19-13-29-55(62(40)46)68(61-33-15-31-59(64-61)66-52-27-10-6-22-44(52)45-23-7-11-28-53(45)66)56(48)38-57(49)67(54)60-32-14-30-58(63-60)65-50-25-8-4-20-42(50)43-21-5-9-26-51(43)65/h1-38H. The smallest absolute Gasteiger partial charge is 0.140 e. The van der Waals surface area contributed by atoms with Gasteiger partial charge in [-0.3, -0.25) is 18.6 Å². The molecule has 0 atom stereocenters. The van der Waals surface area contributed by atoms with E-state index >= 15 is 0 Å². The SMILES string of the molecule is c1ccc(-c2ccc3c(c2)c2cc4c(cc2n3-c2cccc(-n3c5ccccc5c5ccccc53)n2)N(c2cccc(-n3c5ccccc5c5ccccc53)n2)c2cccc3cccc-4c23)cc1. The van der Waals surface area contributed by atoms with Gasteiger partial charge in [-0.05, 0) is 101 Å². The molecule has 0 saturated heterocycles. The fourth-order valence-corrected chi connectivity index (χ4v) is 11.3. The summed E-state index contributed by atoms with van der Waals surface area (Å²) in [4.78, 5) is 13.6. The number of nitrogens with zero attached hydrogens (tertiary/aromatic N) is 6. The summed E-state index contributed by atoms with van der Waals surface area (Å²) < 4.78 is 6.96. The Morgan fingerprint density at radius 1 is 0.265 bits per heavy atom. The molecule has 9 aromatic carbocycles. The molecule has 5 aromatic heterocycles. The van der Waals surface area contributed by atoms with Crippen LogP contribution >= 0.6 is 0 Å². The van der Waals surface area contributed by atoms with Crippen molar-refractivity contribution in [3.05, 3.63) is 231 Å². The Morgan fingerprint density at radius 3 is 1.34 bits per heavy atom. The summed E-state index contributed by atoms with van der Waals surface area (Å²) in [5, 5.41) is 9.55. The number of anilines is 3. The first kappa shape index (κ1) is 37.0. The minimum Gasteiger partial charge on any atom is -0.294 e. The fraction of sp³-hybridized carbons (Fsp3) is 0. The number of benzene rings is 9. The molecule has 0 aliphatic carbocycles. The molecule has 1 aliphatic rings. The van der Waals surface area contributed by atoms with E-state index in [1.54, 1.807) is 0 Å². The highest BCUT2D eigenvalue weighted by Crippen LogP contribution is 2.53. The van der Waals surface area contributed by atoms with Gasteiger partial charge in [-0.25, -0.2) is 9.97 Å². The van der Waals surface area contributed by atoms with Gasteiger partial charge in [-0.2, -0.15) is 0 Å². The summed E-state index contributed by atoms with van der Waals surface area (Å²) in [5.74, 6) is 3.41. The fourth-order valence-electron chi connectivity index (χ4n) is 11.3. The third-order valence-electron chi connectivity index (χ3n) is 14.2. The third kappa shape index (κ3) is 5.22. The molecule has 1 aliphatic heterocycles. The predicted octanol–water partition coefficient (Wildman–Crippen LogP) is 16.0. The van der Waals surface area contributed by atoms with E-state index in [9.17, 15) is 0 Å². The molecule has 6 heterocycles. The molecule has 0 spiro atoms. The molecule has 0 N–H and O–H groups in total. The van der Waals surface area contributed by atoms with Gasteiger partial charge < -0.3 is 0 Å². The van der Waals surface area contributed by atoms with Gasteiger partial charge >= 0.3 is 0 Å². The Hall–Kier alpha value is -9.26. The molecule has 316 valence electrons. The lowest BCUT2D eigenvalue weighted by Gasteiger charge is -2.33. The van der Waals surface area contributed by atoms with Crippen LogP contribution in [0.1, 0.15) is 0 Å². The van der Waals surface area contributed by atoms with Crippen molar-refractivity contribution in [2.24, 2.45) is 0 Å². The average molecular weight is 867 g/mol. The normalized spacial score (nSPS) is 12.4. The first-order valence-corrected chi connectivity index (χ1v) is 23.2. The third-order valence-corrected chi connectivity index (χ3v) is 14.2. The van der Waals surface area contributed by atoms with Gasteiger partial charge in [0.2, 0.25) is 0 Å². The summed E-state index contributed by atoms with van der Waals surface area (Å²) in [5.41, 5.74) is 13.5. The van der Waals surface area contributed by atoms with Gasteiger partial charge in [0.05, 0.1) is 44.5 Å². The van der Waals surface area contributed by atoms with E-state index in [0.717, 1.165) is 84.1 Å². The van der Waals surface area contributed by atoms with E-state index < -0.39 is 0 Å². The van der Waals surface area contributed by atoms with Crippen LogP contribution in [0.25, 0.3) is 116 Å². The number of pyridine rings is 2. The van der Waals surface area contributed by atoms with Gasteiger partial charge in [0.1, 0.15) is 23.3 Å². The number of para-hydroxylation sites is 4. The molecule has 6 nitrogen and oxygen atoms in total. The number of aromatic nitrogens is 5. The van der Waals surface area contributed by atoms with Gasteiger partial charge in [0, 0.05) is 43.3 Å². The Labute approximate surface area is 390 Å². The number of hydrogen-bond acceptors (Lipinski definition) is 3. The maximum Gasteiger partial charge on any atom is 0.140 e. The predicted molar refractivity (Wildman–Crippen MR) is 282 cm³/mol. The maximum atomic E-state index is 5.60. The molecular formula is C62H38N6. The zero-order valence-corrected chi connectivity index (χ0v) is 36.6. The average Bonchev–Trinajstić information content (AvgIpc) is 4.04. The Morgan fingerprint density at radius 2 is 0.735 bits per heavy atom. The van der Waals surface area contributed by atoms with E-state index in [4.69, 9.17) is 9.97 Å². The van der Waals surface area contributed by atoms with Gasteiger partial charge in [-0.1, -0.05) is 152 Å². The van der Waals surface area contributed by atoms with Crippen LogP contribution in [0.5, 0.6) is 0 Å². The number of rotatable bonds is 5. The Kier molecular flexibility index (Phi) is 7.69. The van der Waals surface area contributed by atoms with Crippen molar-refractivity contribution in [1.82, 2.24) is 23.7 Å². The molecule has 0 amide bonds. The van der Waals surface area contributed by atoms with E-state index in [0.29, 0.717) is 0 Å². The van der Waals surface area contributed by atoms with E-state index in [2.05, 4.69) is 249 Å². The largest absolute Gasteiger partial charge is 0.294 e. The molecule has 14 aromatic rings. The van der Waals surface area contributed by atoms with Crippen LogP contribution in [0.15, 0.2) is 231 Å². The first-order chi connectivity index (χ1) is 33.7. The van der Waals surface area contributed by atoms with Gasteiger partial charge in [-0.15, -0.1) is 0 Å². The molecule has 0 unspecified atom stereocenters. The van der Waals surface area contributed by atoms with Crippen LogP contribution in [-0.2, 0) is 0 Å². The quantitative estimate of drug-likeness (QED) is 0.173. The highest BCUT2D eigenvalue weighted by Gasteiger charge is 2.30. The number of hydrogen-bond donors (Lipinski definition) is 0. The molecular weight excluding hydrogens is 829 g/mol. The lowest BCUT2D eigenvalue weighted by molar-refractivity contribution is 1.01. The summed E-state index contributed by atoms with van der Waals surface area (Å²) >= 11 is 0. The zero-order chi connectivity index (χ0) is 44.5. The Balaban J connectivity index is 1.01. The summed E-state index contributed by atoms with van der Waals surface area (Å²) in [6.45, 7) is 0. The lowest BCUT2D eigenvalue weighted by Crippen LogP contribution is -2.17. The topological polar surface area (TPSA) is 43.8 Å². The Bertz CT molecular complexity index is 4290. The van der Waals surface area contributed by atoms with E-state index in [1.165, 1.54) is 49.0 Å². The van der Waals surface area contributed by atoms with E-state index in [-0.39, 0.29) is 0 Å². The minimum atomic E-state index is 0.840. The molecule has 0 radical (unpaired) electrons. The van der Waals surface area contributed by atoms with Crippen molar-refractivity contribution in [1.29, 1.82) is 0 Å². The van der Waals surface area contributed by atoms with Crippen LogP contribution in [0.2, 0.25) is 0 Å². The van der Waals surface area contributed by atoms with Crippen molar-refractivity contribution in [3.63, 3.8) is 0 Å². The highest BCUT2D eigenvalue weighted by atomic mass is 15.2. The van der Waals surface area contributed by atoms with Gasteiger partial charge in [0.15, 0.2) is 0 Å².